The molecule has 0 radical (unpaired) electrons. The Labute approximate surface area is 157 Å². The number of hydrogen-bond acceptors (Lipinski definition) is 4. The van der Waals surface area contributed by atoms with E-state index in [4.69, 9.17) is 11.6 Å². The van der Waals surface area contributed by atoms with E-state index < -0.39 is 10.0 Å². The number of aliphatic imine (C=N–C) groups is 1. The van der Waals surface area contributed by atoms with Crippen LogP contribution < -0.4 is 10.0 Å². The number of rotatable bonds is 7. The van der Waals surface area contributed by atoms with Gasteiger partial charge in [-0.25, -0.2) is 13.1 Å². The second kappa shape index (κ2) is 9.19. The lowest BCUT2D eigenvalue weighted by atomic mass is 10.2. The van der Waals surface area contributed by atoms with Crippen LogP contribution in [0.5, 0.6) is 0 Å². The zero-order chi connectivity index (χ0) is 18.3. The van der Waals surface area contributed by atoms with Gasteiger partial charge in [-0.3, -0.25) is 4.99 Å². The molecule has 2 aromatic rings. The number of benzene rings is 1. The van der Waals surface area contributed by atoms with Crippen molar-refractivity contribution in [3.63, 3.8) is 0 Å². The summed E-state index contributed by atoms with van der Waals surface area (Å²) >= 11 is 7.19. The summed E-state index contributed by atoms with van der Waals surface area (Å²) in [5.41, 5.74) is 1.07. The maximum atomic E-state index is 12.0. The predicted molar refractivity (Wildman–Crippen MR) is 104 cm³/mol. The Morgan fingerprint density at radius 1 is 1.28 bits per heavy atom. The summed E-state index contributed by atoms with van der Waals surface area (Å²) in [5, 5.41) is 5.57. The van der Waals surface area contributed by atoms with Gasteiger partial charge in [-0.05, 0) is 29.1 Å². The summed E-state index contributed by atoms with van der Waals surface area (Å²) in [7, 11) is 0.161. The predicted octanol–water partition coefficient (Wildman–Crippen LogP) is 2.39. The molecule has 0 atom stereocenters. The monoisotopic (exact) mass is 400 g/mol. The van der Waals surface area contributed by atoms with Gasteiger partial charge in [-0.15, -0.1) is 11.3 Å². The van der Waals surface area contributed by atoms with Crippen LogP contribution in [0.25, 0.3) is 0 Å². The second-order valence-corrected chi connectivity index (χ2v) is 8.67. The van der Waals surface area contributed by atoms with Crippen LogP contribution in [-0.2, 0) is 16.6 Å². The van der Waals surface area contributed by atoms with E-state index in [2.05, 4.69) is 15.0 Å². The molecule has 0 fully saturated rings. The number of thiophene rings is 1. The fourth-order valence-corrected chi connectivity index (χ4v) is 4.50. The molecule has 136 valence electrons. The van der Waals surface area contributed by atoms with E-state index in [1.165, 1.54) is 11.3 Å². The summed E-state index contributed by atoms with van der Waals surface area (Å²) in [6.07, 6.45) is 0. The standard InChI is InChI=1S/C16H21ClN4O2S2/c1-18-16(21(2)12-13-5-3-6-14(17)11-13)19-8-9-20-25(22,23)15-7-4-10-24-15/h3-7,10-11,20H,8-9,12H2,1-2H3,(H,18,19). The van der Waals surface area contributed by atoms with Gasteiger partial charge in [0.2, 0.25) is 10.0 Å². The minimum absolute atomic E-state index is 0.268. The molecule has 0 aliphatic heterocycles. The zero-order valence-corrected chi connectivity index (χ0v) is 16.5. The first-order valence-corrected chi connectivity index (χ1v) is 10.4. The van der Waals surface area contributed by atoms with Crippen LogP contribution in [0.15, 0.2) is 51.0 Å². The van der Waals surface area contributed by atoms with Crippen molar-refractivity contribution >= 4 is 38.9 Å². The summed E-state index contributed by atoms with van der Waals surface area (Å²) in [4.78, 5) is 6.16. The van der Waals surface area contributed by atoms with Gasteiger partial charge in [0.15, 0.2) is 5.96 Å². The first-order chi connectivity index (χ1) is 11.9. The van der Waals surface area contributed by atoms with Crippen LogP contribution in [0.4, 0.5) is 0 Å². The highest BCUT2D eigenvalue weighted by Crippen LogP contribution is 2.15. The number of sulfonamides is 1. The van der Waals surface area contributed by atoms with Gasteiger partial charge in [-0.1, -0.05) is 29.8 Å². The molecule has 9 heteroatoms. The summed E-state index contributed by atoms with van der Waals surface area (Å²) in [5.74, 6) is 0.676. The lowest BCUT2D eigenvalue weighted by molar-refractivity contribution is 0.477. The molecular weight excluding hydrogens is 380 g/mol. The van der Waals surface area contributed by atoms with E-state index in [0.717, 1.165) is 5.56 Å². The number of halogens is 1. The Morgan fingerprint density at radius 3 is 2.72 bits per heavy atom. The molecule has 0 saturated carbocycles. The molecule has 0 bridgehead atoms. The van der Waals surface area contributed by atoms with Gasteiger partial charge in [0.1, 0.15) is 4.21 Å². The fourth-order valence-electron chi connectivity index (χ4n) is 2.22. The Morgan fingerprint density at radius 2 is 2.08 bits per heavy atom. The van der Waals surface area contributed by atoms with Crippen LogP contribution in [0.3, 0.4) is 0 Å². The number of guanidine groups is 1. The molecule has 1 heterocycles. The van der Waals surface area contributed by atoms with Crippen LogP contribution >= 0.6 is 22.9 Å². The minimum atomic E-state index is -3.43. The van der Waals surface area contributed by atoms with E-state index in [-0.39, 0.29) is 6.54 Å². The molecule has 25 heavy (non-hydrogen) atoms. The Bertz CT molecular complexity index is 807. The third-order valence-electron chi connectivity index (χ3n) is 3.34. The third-order valence-corrected chi connectivity index (χ3v) is 6.44. The van der Waals surface area contributed by atoms with Crippen molar-refractivity contribution in [1.82, 2.24) is 14.9 Å². The lowest BCUT2D eigenvalue weighted by Crippen LogP contribution is -2.42. The largest absolute Gasteiger partial charge is 0.355 e. The molecule has 0 saturated heterocycles. The molecule has 0 aliphatic carbocycles. The minimum Gasteiger partial charge on any atom is -0.355 e. The van der Waals surface area contributed by atoms with E-state index in [1.807, 2.05) is 36.2 Å². The van der Waals surface area contributed by atoms with Crippen molar-refractivity contribution in [3.05, 3.63) is 52.4 Å². The average Bonchev–Trinajstić information content (AvgIpc) is 3.10. The maximum Gasteiger partial charge on any atom is 0.250 e. The van der Waals surface area contributed by atoms with Crippen LogP contribution in [0.1, 0.15) is 5.56 Å². The van der Waals surface area contributed by atoms with Crippen LogP contribution in [0, 0.1) is 0 Å². The fraction of sp³-hybridized carbons (Fsp3) is 0.312. The summed E-state index contributed by atoms with van der Waals surface area (Å²) in [6, 6.07) is 10.9. The van der Waals surface area contributed by atoms with E-state index >= 15 is 0 Å². The quantitative estimate of drug-likeness (QED) is 0.425. The first kappa shape index (κ1) is 19.7. The van der Waals surface area contributed by atoms with E-state index in [0.29, 0.717) is 28.3 Å². The summed E-state index contributed by atoms with van der Waals surface area (Å²) < 4.78 is 26.9. The average molecular weight is 401 g/mol. The maximum absolute atomic E-state index is 12.0. The third kappa shape index (κ3) is 6.00. The van der Waals surface area contributed by atoms with Crippen molar-refractivity contribution in [1.29, 1.82) is 0 Å². The lowest BCUT2D eigenvalue weighted by Gasteiger charge is -2.22. The molecule has 1 aromatic carbocycles. The highest BCUT2D eigenvalue weighted by atomic mass is 35.5. The zero-order valence-electron chi connectivity index (χ0n) is 14.1. The summed E-state index contributed by atoms with van der Waals surface area (Å²) in [6.45, 7) is 1.34. The number of hydrogen-bond donors (Lipinski definition) is 2. The molecule has 0 unspecified atom stereocenters. The van der Waals surface area contributed by atoms with Crippen molar-refractivity contribution in [2.75, 3.05) is 27.2 Å². The first-order valence-electron chi connectivity index (χ1n) is 7.62. The van der Waals surface area contributed by atoms with Crippen LogP contribution in [-0.4, -0.2) is 46.5 Å². The molecule has 1 aromatic heterocycles. The van der Waals surface area contributed by atoms with Crippen molar-refractivity contribution < 1.29 is 8.42 Å². The molecule has 6 nitrogen and oxygen atoms in total. The molecular formula is C16H21ClN4O2S2. The van der Waals surface area contributed by atoms with Crippen molar-refractivity contribution in [3.8, 4) is 0 Å². The normalized spacial score (nSPS) is 12.2. The number of nitrogens with one attached hydrogen (secondary N) is 2. The number of nitrogens with zero attached hydrogens (tertiary/aromatic N) is 2. The molecule has 2 N–H and O–H groups in total. The Hall–Kier alpha value is -1.61. The molecule has 0 spiro atoms. The molecule has 2 rings (SSSR count). The SMILES string of the molecule is CN=C(NCCNS(=O)(=O)c1cccs1)N(C)Cc1cccc(Cl)c1. The van der Waals surface area contributed by atoms with E-state index in [1.54, 1.807) is 24.6 Å². The van der Waals surface area contributed by atoms with E-state index in [9.17, 15) is 8.42 Å². The van der Waals surface area contributed by atoms with Gasteiger partial charge in [-0.2, -0.15) is 0 Å². The van der Waals surface area contributed by atoms with Crippen LogP contribution in [0.2, 0.25) is 5.02 Å². The van der Waals surface area contributed by atoms with Gasteiger partial charge < -0.3 is 10.2 Å². The Balaban J connectivity index is 1.82. The second-order valence-electron chi connectivity index (χ2n) is 5.29. The van der Waals surface area contributed by atoms with Crippen molar-refractivity contribution in [2.24, 2.45) is 4.99 Å². The van der Waals surface area contributed by atoms with Gasteiger partial charge >= 0.3 is 0 Å². The Kier molecular flexibility index (Phi) is 7.24. The smallest absolute Gasteiger partial charge is 0.250 e. The topological polar surface area (TPSA) is 73.8 Å². The van der Waals surface area contributed by atoms with Gasteiger partial charge in [0, 0.05) is 38.8 Å². The van der Waals surface area contributed by atoms with Gasteiger partial charge in [0.25, 0.3) is 0 Å². The molecule has 0 amide bonds. The highest BCUT2D eigenvalue weighted by Gasteiger charge is 2.14. The molecule has 0 aliphatic rings. The van der Waals surface area contributed by atoms with Crippen molar-refractivity contribution in [2.45, 2.75) is 10.8 Å². The van der Waals surface area contributed by atoms with Gasteiger partial charge in [0.05, 0.1) is 0 Å². The highest BCUT2D eigenvalue weighted by molar-refractivity contribution is 7.91.